The predicted octanol–water partition coefficient (Wildman–Crippen LogP) is 12.9. The van der Waals surface area contributed by atoms with Crippen LogP contribution in [0.5, 0.6) is 5.75 Å². The van der Waals surface area contributed by atoms with Crippen molar-refractivity contribution in [3.63, 3.8) is 0 Å². The highest BCUT2D eigenvalue weighted by Gasteiger charge is 2.57. The van der Waals surface area contributed by atoms with Crippen molar-refractivity contribution in [1.29, 1.82) is 0 Å². The second-order valence-corrected chi connectivity index (χ2v) is 18.8. The van der Waals surface area contributed by atoms with Crippen LogP contribution in [0.2, 0.25) is 0 Å². The van der Waals surface area contributed by atoms with E-state index in [0.29, 0.717) is 41.4 Å². The molecule has 1 aromatic carbocycles. The molecule has 0 aromatic heterocycles. The van der Waals surface area contributed by atoms with E-state index in [9.17, 15) is 0 Å². The highest BCUT2D eigenvalue weighted by Crippen LogP contribution is 2.54. The minimum Gasteiger partial charge on any atom is -0.484 e. The van der Waals surface area contributed by atoms with Gasteiger partial charge in [-0.15, -0.1) is 0 Å². The van der Waals surface area contributed by atoms with Crippen molar-refractivity contribution >= 4 is 5.71 Å². The van der Waals surface area contributed by atoms with Gasteiger partial charge in [0.15, 0.2) is 18.0 Å². The number of rotatable bonds is 7. The van der Waals surface area contributed by atoms with Gasteiger partial charge in [-0.2, -0.15) is 4.58 Å². The Morgan fingerprint density at radius 3 is 2.41 bits per heavy atom. The Morgan fingerprint density at radius 1 is 0.804 bits per heavy atom. The average Bonchev–Trinajstić information content (AvgIpc) is 3.79. The lowest BCUT2D eigenvalue weighted by atomic mass is 9.63. The second kappa shape index (κ2) is 14.5. The zero-order chi connectivity index (χ0) is 38.0. The summed E-state index contributed by atoms with van der Waals surface area (Å²) < 4.78 is 10.0. The van der Waals surface area contributed by atoms with Crippen LogP contribution >= 0.6 is 0 Å². The van der Waals surface area contributed by atoms with Crippen molar-refractivity contribution < 1.29 is 9.31 Å². The van der Waals surface area contributed by atoms with E-state index in [1.54, 1.807) is 0 Å². The summed E-state index contributed by atoms with van der Waals surface area (Å²) in [4.78, 5) is 0. The molecule has 10 rings (SSSR count). The molecule has 0 spiro atoms. The molecule has 0 bridgehead atoms. The monoisotopic (exact) mass is 738 g/mol. The van der Waals surface area contributed by atoms with Gasteiger partial charge >= 0.3 is 0 Å². The van der Waals surface area contributed by atoms with Crippen LogP contribution in [0.3, 0.4) is 0 Å². The number of benzene rings is 1. The number of allylic oxidation sites excluding steroid dienone is 19. The highest BCUT2D eigenvalue weighted by molar-refractivity contribution is 6.02. The minimum absolute atomic E-state index is 0.0106. The first-order valence-electron chi connectivity index (χ1n) is 22.1. The third kappa shape index (κ3) is 6.09. The van der Waals surface area contributed by atoms with E-state index in [0.717, 1.165) is 37.9 Å². The van der Waals surface area contributed by atoms with Gasteiger partial charge in [0.1, 0.15) is 11.9 Å². The maximum atomic E-state index is 7.31. The summed E-state index contributed by atoms with van der Waals surface area (Å²) in [5.41, 5.74) is 11.6. The molecule has 10 atom stereocenters. The molecule has 1 aromatic rings. The van der Waals surface area contributed by atoms with Crippen LogP contribution in [0, 0.1) is 40.9 Å². The van der Waals surface area contributed by atoms with E-state index in [2.05, 4.69) is 166 Å². The molecule has 3 aliphatic heterocycles. The summed E-state index contributed by atoms with van der Waals surface area (Å²) in [5.74, 6) is 4.70. The fraction of sp³-hybridized carbons (Fsp3) is 0.426. The van der Waals surface area contributed by atoms with E-state index < -0.39 is 0 Å². The SMILES string of the molecule is CC1C=C(C2=CC=CCC2)C=CC1C(C)(C)C1C2=C(C3=[N+]1C=CC(C(C)C1C=CCCC1)C3)C1Oc3cc(C4C=CC=CC4C4=CC=CCC4)ccc3C1C=C2. The molecule has 9 aliphatic rings. The fourth-order valence-electron chi connectivity index (χ4n) is 12.2. The zero-order valence-corrected chi connectivity index (χ0v) is 34.0. The summed E-state index contributed by atoms with van der Waals surface area (Å²) >= 11 is 0. The van der Waals surface area contributed by atoms with Crippen LogP contribution in [-0.2, 0) is 0 Å². The molecular weight excluding hydrogens is 679 g/mol. The molecule has 0 saturated heterocycles. The van der Waals surface area contributed by atoms with Crippen molar-refractivity contribution in [3.05, 3.63) is 173 Å². The van der Waals surface area contributed by atoms with E-state index in [1.807, 2.05) is 0 Å². The normalized spacial score (nSPS) is 34.4. The maximum Gasteiger partial charge on any atom is 0.190 e. The largest absolute Gasteiger partial charge is 0.484 e. The number of ether oxygens (including phenoxy) is 1. The first-order valence-corrected chi connectivity index (χ1v) is 22.1. The Hall–Kier alpha value is -4.43. The van der Waals surface area contributed by atoms with Crippen molar-refractivity contribution in [3.8, 4) is 5.75 Å². The van der Waals surface area contributed by atoms with Crippen molar-refractivity contribution in [2.24, 2.45) is 40.9 Å². The van der Waals surface area contributed by atoms with Gasteiger partial charge in [0.25, 0.3) is 0 Å². The second-order valence-electron chi connectivity index (χ2n) is 18.8. The highest BCUT2D eigenvalue weighted by atomic mass is 16.5. The third-order valence-electron chi connectivity index (χ3n) is 15.3. The van der Waals surface area contributed by atoms with E-state index in [4.69, 9.17) is 4.74 Å². The van der Waals surface area contributed by atoms with Crippen LogP contribution in [-0.4, -0.2) is 22.4 Å². The molecule has 6 aliphatic carbocycles. The Labute approximate surface area is 336 Å². The lowest BCUT2D eigenvalue weighted by molar-refractivity contribution is -0.509. The number of fused-ring (bicyclic) bond motifs is 5. The van der Waals surface area contributed by atoms with Gasteiger partial charge in [-0.1, -0.05) is 149 Å². The number of hydrogen-bond donors (Lipinski definition) is 0. The first kappa shape index (κ1) is 35.9. The lowest BCUT2D eigenvalue weighted by Crippen LogP contribution is -2.45. The smallest absolute Gasteiger partial charge is 0.190 e. The molecule has 0 fully saturated rings. The standard InChI is InChI=1S/C54H60NO/c1-35-32-41(38-18-10-6-11-19-38)25-29-48(35)54(3,4)53-47-28-27-46-45-26-24-42(44-23-15-14-22-43(44)39-20-12-7-13-21-39)34-50(45)56-52(46)51(47)49-33-40(30-31-55(49)53)36(2)37-16-8-5-9-17-37/h6-8,10,12,14-16,18,20,22-32,34-37,40,43-44,46,48,52-53H,5,9,11,13,17,19,21,33H2,1-4H3/q+1. The maximum absolute atomic E-state index is 7.31. The molecule has 2 nitrogen and oxygen atoms in total. The molecule has 0 radical (unpaired) electrons. The van der Waals surface area contributed by atoms with Crippen LogP contribution in [0.4, 0.5) is 0 Å². The van der Waals surface area contributed by atoms with Gasteiger partial charge in [0, 0.05) is 40.7 Å². The van der Waals surface area contributed by atoms with Gasteiger partial charge < -0.3 is 4.74 Å². The molecule has 0 saturated carbocycles. The summed E-state index contributed by atoms with van der Waals surface area (Å²) in [5, 5.41) is 0. The molecule has 0 amide bonds. The fourth-order valence-corrected chi connectivity index (χ4v) is 12.2. The molecule has 3 heterocycles. The predicted molar refractivity (Wildman–Crippen MR) is 233 cm³/mol. The summed E-state index contributed by atoms with van der Waals surface area (Å²) in [6.45, 7) is 10.1. The average molecular weight is 739 g/mol. The van der Waals surface area contributed by atoms with Crippen LogP contribution in [0.1, 0.15) is 102 Å². The lowest BCUT2D eigenvalue weighted by Gasteiger charge is -2.40. The van der Waals surface area contributed by atoms with E-state index in [1.165, 1.54) is 64.0 Å². The van der Waals surface area contributed by atoms with Gasteiger partial charge in [0.2, 0.25) is 0 Å². The molecular formula is C54H60NO+. The topological polar surface area (TPSA) is 12.2 Å². The van der Waals surface area contributed by atoms with Crippen molar-refractivity contribution in [2.45, 2.75) is 103 Å². The Kier molecular flexibility index (Phi) is 9.31. The van der Waals surface area contributed by atoms with Crippen molar-refractivity contribution in [1.82, 2.24) is 0 Å². The summed E-state index contributed by atoms with van der Waals surface area (Å²) in [7, 11) is 0. The summed E-state index contributed by atoms with van der Waals surface area (Å²) in [6.07, 6.45) is 55.2. The molecule has 286 valence electrons. The Morgan fingerprint density at radius 2 is 1.64 bits per heavy atom. The quantitative estimate of drug-likeness (QED) is 0.200. The van der Waals surface area contributed by atoms with Gasteiger partial charge in [-0.05, 0) is 103 Å². The third-order valence-corrected chi connectivity index (χ3v) is 15.3. The van der Waals surface area contributed by atoms with Gasteiger partial charge in [0.05, 0.1) is 5.57 Å². The van der Waals surface area contributed by atoms with Gasteiger partial charge in [-0.3, -0.25) is 0 Å². The summed E-state index contributed by atoms with van der Waals surface area (Å²) in [6, 6.07) is 7.45. The van der Waals surface area contributed by atoms with E-state index in [-0.39, 0.29) is 23.5 Å². The Balaban J connectivity index is 0.996. The molecule has 56 heavy (non-hydrogen) atoms. The van der Waals surface area contributed by atoms with Crippen LogP contribution in [0.15, 0.2) is 162 Å². The zero-order valence-electron chi connectivity index (χ0n) is 34.0. The first-order chi connectivity index (χ1) is 27.4. The number of nitrogens with zero attached hydrogens (tertiary/aromatic N) is 1. The van der Waals surface area contributed by atoms with E-state index >= 15 is 0 Å². The molecule has 0 N–H and O–H groups in total. The molecule has 10 unspecified atom stereocenters. The number of hydrogen-bond acceptors (Lipinski definition) is 1. The van der Waals surface area contributed by atoms with Crippen LogP contribution in [0.25, 0.3) is 0 Å². The Bertz CT molecular complexity index is 2200. The van der Waals surface area contributed by atoms with Crippen molar-refractivity contribution in [2.75, 3.05) is 0 Å². The van der Waals surface area contributed by atoms with Gasteiger partial charge in [-0.25, -0.2) is 0 Å². The van der Waals surface area contributed by atoms with Crippen LogP contribution < -0.4 is 4.74 Å². The minimum atomic E-state index is -0.0231. The molecule has 2 heteroatoms.